The second-order valence-electron chi connectivity index (χ2n) is 6.59. The quantitative estimate of drug-likeness (QED) is 0.454. The van der Waals surface area contributed by atoms with Crippen LogP contribution in [0.3, 0.4) is 0 Å². The van der Waals surface area contributed by atoms with Gasteiger partial charge in [0.1, 0.15) is 11.6 Å². The molecule has 0 amide bonds. The predicted octanol–water partition coefficient (Wildman–Crippen LogP) is 4.23. The molecule has 0 aliphatic carbocycles. The van der Waals surface area contributed by atoms with Gasteiger partial charge in [0.2, 0.25) is 0 Å². The number of halogens is 1. The fourth-order valence-electron chi connectivity index (χ4n) is 3.31. The Kier molecular flexibility index (Phi) is 5.17. The third-order valence-electron chi connectivity index (χ3n) is 4.82. The van der Waals surface area contributed by atoms with Crippen LogP contribution in [-0.4, -0.2) is 35.2 Å². The van der Waals surface area contributed by atoms with Gasteiger partial charge in [0, 0.05) is 21.5 Å². The van der Waals surface area contributed by atoms with E-state index in [-0.39, 0.29) is 11.3 Å². The van der Waals surface area contributed by atoms with Gasteiger partial charge < -0.3 is 14.6 Å². The highest BCUT2D eigenvalue weighted by Crippen LogP contribution is 2.34. The van der Waals surface area contributed by atoms with Gasteiger partial charge in [0.25, 0.3) is 5.56 Å². The number of hydrogen-bond donors (Lipinski definition) is 1. The van der Waals surface area contributed by atoms with Crippen molar-refractivity contribution in [3.63, 3.8) is 0 Å². The molecule has 0 radical (unpaired) electrons. The second kappa shape index (κ2) is 7.79. The average Bonchev–Trinajstić information content (AvgIpc) is 2.76. The van der Waals surface area contributed by atoms with Crippen LogP contribution in [-0.2, 0) is 0 Å². The van der Waals surface area contributed by atoms with Gasteiger partial charge in [0.05, 0.1) is 31.3 Å². The number of benzene rings is 3. The zero-order valence-electron chi connectivity index (χ0n) is 16.5. The maximum absolute atomic E-state index is 13.0. The van der Waals surface area contributed by atoms with E-state index in [4.69, 9.17) is 9.47 Å². The lowest BCUT2D eigenvalue weighted by molar-refractivity contribution is 0.355. The Morgan fingerprint density at radius 1 is 1.07 bits per heavy atom. The average molecular weight is 468 g/mol. The Labute approximate surface area is 180 Å². The molecule has 0 atom stereocenters. The minimum Gasteiger partial charge on any atom is -0.507 e. The fraction of sp³-hybridized carbons (Fsp3) is 0.136. The van der Waals surface area contributed by atoms with Crippen molar-refractivity contribution in [2.75, 3.05) is 14.2 Å². The SMILES string of the molecule is COc1cc2nc(C)n(N=Cc3cc(Br)c4ccccc4c3O)c(=O)c2cc1OC. The summed E-state index contributed by atoms with van der Waals surface area (Å²) in [6, 6.07) is 12.5. The number of ether oxygens (including phenoxy) is 2. The third kappa shape index (κ3) is 3.29. The van der Waals surface area contributed by atoms with E-state index in [9.17, 15) is 9.90 Å². The van der Waals surface area contributed by atoms with Crippen LogP contribution in [0.25, 0.3) is 21.7 Å². The van der Waals surface area contributed by atoms with Crippen LogP contribution in [0.15, 0.2) is 56.8 Å². The van der Waals surface area contributed by atoms with Crippen molar-refractivity contribution in [3.05, 3.63) is 68.7 Å². The molecule has 8 heteroatoms. The molecule has 0 saturated carbocycles. The van der Waals surface area contributed by atoms with E-state index in [2.05, 4.69) is 26.0 Å². The van der Waals surface area contributed by atoms with Crippen LogP contribution in [0.5, 0.6) is 17.2 Å². The molecule has 4 rings (SSSR count). The zero-order chi connectivity index (χ0) is 21.4. The van der Waals surface area contributed by atoms with Crippen LogP contribution in [0, 0.1) is 6.92 Å². The minimum absolute atomic E-state index is 0.0865. The van der Waals surface area contributed by atoms with Gasteiger partial charge >= 0.3 is 0 Å². The number of rotatable bonds is 4. The molecule has 1 aromatic heterocycles. The molecule has 0 aliphatic heterocycles. The molecular weight excluding hydrogens is 450 g/mol. The molecule has 3 aromatic carbocycles. The normalized spacial score (nSPS) is 11.5. The second-order valence-corrected chi connectivity index (χ2v) is 7.44. The lowest BCUT2D eigenvalue weighted by Crippen LogP contribution is -2.20. The van der Waals surface area contributed by atoms with Gasteiger partial charge in [-0.3, -0.25) is 4.79 Å². The van der Waals surface area contributed by atoms with Crippen LogP contribution in [0.1, 0.15) is 11.4 Å². The van der Waals surface area contributed by atoms with E-state index >= 15 is 0 Å². The topological polar surface area (TPSA) is 85.9 Å². The summed E-state index contributed by atoms with van der Waals surface area (Å²) < 4.78 is 12.6. The van der Waals surface area contributed by atoms with E-state index < -0.39 is 0 Å². The van der Waals surface area contributed by atoms with Gasteiger partial charge in [-0.05, 0) is 24.4 Å². The summed E-state index contributed by atoms with van der Waals surface area (Å²) in [6.07, 6.45) is 1.44. The molecule has 0 saturated heterocycles. The molecule has 1 heterocycles. The Morgan fingerprint density at radius 3 is 2.43 bits per heavy atom. The Morgan fingerprint density at radius 2 is 1.73 bits per heavy atom. The predicted molar refractivity (Wildman–Crippen MR) is 120 cm³/mol. The van der Waals surface area contributed by atoms with Crippen LogP contribution in [0.4, 0.5) is 0 Å². The highest BCUT2D eigenvalue weighted by Gasteiger charge is 2.14. The van der Waals surface area contributed by atoms with Crippen molar-refractivity contribution in [1.82, 2.24) is 9.66 Å². The van der Waals surface area contributed by atoms with Crippen LogP contribution < -0.4 is 15.0 Å². The van der Waals surface area contributed by atoms with Crippen molar-refractivity contribution >= 4 is 43.8 Å². The smallest absolute Gasteiger partial charge is 0.282 e. The van der Waals surface area contributed by atoms with Gasteiger partial charge in [0.15, 0.2) is 11.5 Å². The Bertz CT molecular complexity index is 1380. The number of fused-ring (bicyclic) bond motifs is 2. The number of phenolic OH excluding ortho intramolecular Hbond substituents is 1. The maximum atomic E-state index is 13.0. The summed E-state index contributed by atoms with van der Waals surface area (Å²) in [7, 11) is 3.03. The zero-order valence-corrected chi connectivity index (χ0v) is 18.1. The van der Waals surface area contributed by atoms with E-state index in [1.54, 1.807) is 25.1 Å². The standard InChI is InChI=1S/C22H18BrN3O4/c1-12-25-18-10-20(30-3)19(29-2)9-16(18)22(28)26(12)24-11-13-8-17(23)14-6-4-5-7-15(14)21(13)27/h4-11,27H,1-3H3. The third-order valence-corrected chi connectivity index (χ3v) is 5.48. The molecule has 4 aromatic rings. The first-order valence-corrected chi connectivity index (χ1v) is 9.84. The molecule has 152 valence electrons. The molecule has 0 aliphatic rings. The Balaban J connectivity index is 1.86. The molecule has 7 nitrogen and oxygen atoms in total. The van der Waals surface area contributed by atoms with Crippen LogP contribution in [0.2, 0.25) is 0 Å². The molecule has 30 heavy (non-hydrogen) atoms. The molecule has 0 spiro atoms. The number of nitrogens with zero attached hydrogens (tertiary/aromatic N) is 3. The number of aromatic nitrogens is 2. The first kappa shape index (κ1) is 19.9. The summed E-state index contributed by atoms with van der Waals surface area (Å²) in [5.41, 5.74) is 0.603. The molecule has 0 fully saturated rings. The van der Waals surface area contributed by atoms with Crippen molar-refractivity contribution in [1.29, 1.82) is 0 Å². The van der Waals surface area contributed by atoms with Gasteiger partial charge in [-0.15, -0.1) is 0 Å². The molecule has 0 bridgehead atoms. The summed E-state index contributed by atoms with van der Waals surface area (Å²) in [5.74, 6) is 1.40. The van der Waals surface area contributed by atoms with E-state index in [1.807, 2.05) is 24.3 Å². The number of aryl methyl sites for hydroxylation is 1. The number of aromatic hydroxyl groups is 1. The number of phenols is 1. The summed E-state index contributed by atoms with van der Waals surface area (Å²) >= 11 is 3.52. The lowest BCUT2D eigenvalue weighted by atomic mass is 10.1. The van der Waals surface area contributed by atoms with Crippen LogP contribution >= 0.6 is 15.9 Å². The van der Waals surface area contributed by atoms with Gasteiger partial charge in [-0.25, -0.2) is 4.98 Å². The van der Waals surface area contributed by atoms with E-state index in [1.165, 1.54) is 25.1 Å². The maximum Gasteiger partial charge on any atom is 0.282 e. The molecule has 0 unspecified atom stereocenters. The largest absolute Gasteiger partial charge is 0.507 e. The first-order chi connectivity index (χ1) is 14.4. The number of methoxy groups -OCH3 is 2. The molecular formula is C22H18BrN3O4. The summed E-state index contributed by atoms with van der Waals surface area (Å²) in [5, 5.41) is 16.9. The van der Waals surface area contributed by atoms with Crippen molar-refractivity contribution in [3.8, 4) is 17.2 Å². The summed E-state index contributed by atoms with van der Waals surface area (Å²) in [6.45, 7) is 1.69. The summed E-state index contributed by atoms with van der Waals surface area (Å²) in [4.78, 5) is 17.5. The minimum atomic E-state index is -0.353. The highest BCUT2D eigenvalue weighted by molar-refractivity contribution is 9.10. The Hall–Kier alpha value is -3.39. The van der Waals surface area contributed by atoms with Gasteiger partial charge in [-0.1, -0.05) is 40.2 Å². The van der Waals surface area contributed by atoms with E-state index in [0.717, 1.165) is 9.86 Å². The van der Waals surface area contributed by atoms with Crippen molar-refractivity contribution in [2.45, 2.75) is 6.92 Å². The van der Waals surface area contributed by atoms with Crippen molar-refractivity contribution < 1.29 is 14.6 Å². The van der Waals surface area contributed by atoms with E-state index in [0.29, 0.717) is 39.2 Å². The molecule has 1 N–H and O–H groups in total. The number of hydrogen-bond acceptors (Lipinski definition) is 6. The lowest BCUT2D eigenvalue weighted by Gasteiger charge is -2.11. The fourth-order valence-corrected chi connectivity index (χ4v) is 3.90. The first-order valence-electron chi connectivity index (χ1n) is 9.04. The van der Waals surface area contributed by atoms with Crippen molar-refractivity contribution in [2.24, 2.45) is 5.10 Å². The van der Waals surface area contributed by atoms with Gasteiger partial charge in [-0.2, -0.15) is 9.78 Å². The highest BCUT2D eigenvalue weighted by atomic mass is 79.9. The monoisotopic (exact) mass is 467 g/mol.